The van der Waals surface area contributed by atoms with Crippen LogP contribution in [-0.4, -0.2) is 35.1 Å². The highest BCUT2D eigenvalue weighted by atomic mass is 16.3. The van der Waals surface area contributed by atoms with E-state index in [9.17, 15) is 4.79 Å². The summed E-state index contributed by atoms with van der Waals surface area (Å²) < 4.78 is 0. The Morgan fingerprint density at radius 1 is 1.42 bits per heavy atom. The summed E-state index contributed by atoms with van der Waals surface area (Å²) in [4.78, 5) is 14.2. The Morgan fingerprint density at radius 2 is 2.16 bits per heavy atom. The van der Waals surface area contributed by atoms with Gasteiger partial charge in [0.25, 0.3) is 5.91 Å². The molecule has 1 fully saturated rings. The Bertz CT molecular complexity index is 487. The zero-order valence-electron chi connectivity index (χ0n) is 10.9. The second kappa shape index (κ2) is 6.35. The van der Waals surface area contributed by atoms with E-state index in [0.717, 1.165) is 25.7 Å². The third-order valence-electron chi connectivity index (χ3n) is 3.61. The van der Waals surface area contributed by atoms with Crippen molar-refractivity contribution in [2.75, 3.05) is 13.2 Å². The maximum absolute atomic E-state index is 12.5. The summed E-state index contributed by atoms with van der Waals surface area (Å²) in [5, 5.41) is 18.0. The molecule has 0 radical (unpaired) electrons. The molecule has 1 aromatic carbocycles. The van der Waals surface area contributed by atoms with Crippen LogP contribution in [0.25, 0.3) is 0 Å². The lowest BCUT2D eigenvalue weighted by Crippen LogP contribution is -2.40. The number of carbonyl (C=O) groups excluding carboxylic acids is 1. The molecule has 100 valence electrons. The fourth-order valence-corrected chi connectivity index (χ4v) is 2.66. The summed E-state index contributed by atoms with van der Waals surface area (Å²) >= 11 is 0. The normalized spacial score (nSPS) is 15.2. The lowest BCUT2D eigenvalue weighted by Gasteiger charge is -2.28. The van der Waals surface area contributed by atoms with Crippen molar-refractivity contribution in [2.45, 2.75) is 31.7 Å². The van der Waals surface area contributed by atoms with Gasteiger partial charge >= 0.3 is 0 Å². The van der Waals surface area contributed by atoms with E-state index >= 15 is 0 Å². The number of nitriles is 1. The minimum absolute atomic E-state index is 0.0276. The Hall–Kier alpha value is -1.86. The molecule has 0 saturated heterocycles. The summed E-state index contributed by atoms with van der Waals surface area (Å²) in [6, 6.07) is 9.01. The fourth-order valence-electron chi connectivity index (χ4n) is 2.66. The second-order valence-electron chi connectivity index (χ2n) is 4.85. The quantitative estimate of drug-likeness (QED) is 0.897. The van der Waals surface area contributed by atoms with Crippen LogP contribution in [0.1, 0.15) is 41.6 Å². The highest BCUT2D eigenvalue weighted by Gasteiger charge is 2.26. The minimum Gasteiger partial charge on any atom is -0.395 e. The highest BCUT2D eigenvalue weighted by Crippen LogP contribution is 2.24. The van der Waals surface area contributed by atoms with E-state index in [1.165, 1.54) is 0 Å². The van der Waals surface area contributed by atoms with Gasteiger partial charge in [-0.2, -0.15) is 5.26 Å². The Kier molecular flexibility index (Phi) is 4.53. The van der Waals surface area contributed by atoms with Crippen molar-refractivity contribution < 1.29 is 9.90 Å². The molecule has 0 unspecified atom stereocenters. The molecule has 1 aromatic rings. The van der Waals surface area contributed by atoms with Gasteiger partial charge in [-0.15, -0.1) is 0 Å². The molecule has 1 saturated carbocycles. The van der Waals surface area contributed by atoms with E-state index in [1.54, 1.807) is 29.2 Å². The molecule has 4 nitrogen and oxygen atoms in total. The predicted molar refractivity (Wildman–Crippen MR) is 71.5 cm³/mol. The van der Waals surface area contributed by atoms with Gasteiger partial charge in [-0.25, -0.2) is 0 Å². The summed E-state index contributed by atoms with van der Waals surface area (Å²) in [7, 11) is 0. The molecule has 1 aliphatic carbocycles. The third kappa shape index (κ3) is 3.12. The van der Waals surface area contributed by atoms with Crippen molar-refractivity contribution in [1.82, 2.24) is 4.90 Å². The number of benzene rings is 1. The van der Waals surface area contributed by atoms with Crippen LogP contribution in [0.2, 0.25) is 0 Å². The SMILES string of the molecule is N#Cc1cccc(C(=O)N(CCO)C2CCCC2)c1. The van der Waals surface area contributed by atoms with E-state index in [0.29, 0.717) is 17.7 Å². The van der Waals surface area contributed by atoms with Crippen LogP contribution >= 0.6 is 0 Å². The van der Waals surface area contributed by atoms with Crippen LogP contribution in [-0.2, 0) is 0 Å². The molecular weight excluding hydrogens is 240 g/mol. The lowest BCUT2D eigenvalue weighted by molar-refractivity contribution is 0.0638. The van der Waals surface area contributed by atoms with Crippen LogP contribution in [0.5, 0.6) is 0 Å². The maximum atomic E-state index is 12.5. The average Bonchev–Trinajstić information content (AvgIpc) is 2.98. The van der Waals surface area contributed by atoms with E-state index < -0.39 is 0 Å². The molecule has 0 aliphatic heterocycles. The number of aliphatic hydroxyl groups excluding tert-OH is 1. The van der Waals surface area contributed by atoms with Crippen molar-refractivity contribution in [3.8, 4) is 6.07 Å². The average molecular weight is 258 g/mol. The van der Waals surface area contributed by atoms with E-state index in [-0.39, 0.29) is 18.6 Å². The van der Waals surface area contributed by atoms with Gasteiger partial charge in [-0.05, 0) is 31.0 Å². The topological polar surface area (TPSA) is 64.3 Å². The molecule has 1 amide bonds. The molecule has 19 heavy (non-hydrogen) atoms. The lowest BCUT2D eigenvalue weighted by atomic mass is 10.1. The highest BCUT2D eigenvalue weighted by molar-refractivity contribution is 5.94. The largest absolute Gasteiger partial charge is 0.395 e. The molecule has 2 rings (SSSR count). The summed E-state index contributed by atoms with van der Waals surface area (Å²) in [5.41, 5.74) is 1.01. The monoisotopic (exact) mass is 258 g/mol. The molecule has 0 heterocycles. The molecule has 0 bridgehead atoms. The first-order valence-electron chi connectivity index (χ1n) is 6.68. The molecular formula is C15H18N2O2. The number of carbonyl (C=O) groups is 1. The smallest absolute Gasteiger partial charge is 0.254 e. The fraction of sp³-hybridized carbons (Fsp3) is 0.467. The standard InChI is InChI=1S/C15H18N2O2/c16-11-12-4-3-5-13(10-12)15(19)17(8-9-18)14-6-1-2-7-14/h3-5,10,14,18H,1-2,6-9H2. The first kappa shape index (κ1) is 13.6. The van der Waals surface area contributed by atoms with Gasteiger partial charge in [-0.3, -0.25) is 4.79 Å². The van der Waals surface area contributed by atoms with Gasteiger partial charge in [0.1, 0.15) is 0 Å². The van der Waals surface area contributed by atoms with Gasteiger partial charge in [0, 0.05) is 18.2 Å². The second-order valence-corrected chi connectivity index (χ2v) is 4.85. The van der Waals surface area contributed by atoms with Crippen molar-refractivity contribution in [3.05, 3.63) is 35.4 Å². The molecule has 4 heteroatoms. The molecule has 0 spiro atoms. The van der Waals surface area contributed by atoms with Gasteiger partial charge in [0.15, 0.2) is 0 Å². The molecule has 1 aliphatic rings. The predicted octanol–water partition coefficient (Wildman–Crippen LogP) is 1.94. The van der Waals surface area contributed by atoms with E-state index in [1.807, 2.05) is 6.07 Å². The van der Waals surface area contributed by atoms with Crippen LogP contribution in [0.3, 0.4) is 0 Å². The van der Waals surface area contributed by atoms with Gasteiger partial charge in [0.05, 0.1) is 18.2 Å². The zero-order chi connectivity index (χ0) is 13.7. The molecule has 1 N–H and O–H groups in total. The third-order valence-corrected chi connectivity index (χ3v) is 3.61. The minimum atomic E-state index is -0.0851. The number of aliphatic hydroxyl groups is 1. The summed E-state index contributed by atoms with van der Waals surface area (Å²) in [5.74, 6) is -0.0851. The van der Waals surface area contributed by atoms with Crippen LogP contribution in [0.15, 0.2) is 24.3 Å². The molecule has 0 aromatic heterocycles. The number of amides is 1. The zero-order valence-corrected chi connectivity index (χ0v) is 10.9. The van der Waals surface area contributed by atoms with Gasteiger partial charge in [-0.1, -0.05) is 18.9 Å². The first-order chi connectivity index (χ1) is 9.26. The van der Waals surface area contributed by atoms with Gasteiger partial charge in [0.2, 0.25) is 0 Å². The van der Waals surface area contributed by atoms with E-state index in [2.05, 4.69) is 0 Å². The van der Waals surface area contributed by atoms with Gasteiger partial charge < -0.3 is 10.0 Å². The number of hydrogen-bond acceptors (Lipinski definition) is 3. The van der Waals surface area contributed by atoms with Crippen LogP contribution in [0, 0.1) is 11.3 Å². The van der Waals surface area contributed by atoms with Crippen molar-refractivity contribution >= 4 is 5.91 Å². The number of hydrogen-bond donors (Lipinski definition) is 1. The maximum Gasteiger partial charge on any atom is 0.254 e. The first-order valence-corrected chi connectivity index (χ1v) is 6.68. The van der Waals surface area contributed by atoms with Crippen molar-refractivity contribution in [1.29, 1.82) is 5.26 Å². The Labute approximate surface area is 113 Å². The summed E-state index contributed by atoms with van der Waals surface area (Å²) in [6.45, 7) is 0.334. The van der Waals surface area contributed by atoms with E-state index in [4.69, 9.17) is 10.4 Å². The number of nitrogens with zero attached hydrogens (tertiary/aromatic N) is 2. The Balaban J connectivity index is 2.20. The number of rotatable bonds is 4. The van der Waals surface area contributed by atoms with Crippen molar-refractivity contribution in [2.24, 2.45) is 0 Å². The van der Waals surface area contributed by atoms with Crippen molar-refractivity contribution in [3.63, 3.8) is 0 Å². The van der Waals surface area contributed by atoms with Crippen LogP contribution < -0.4 is 0 Å². The molecule has 0 atom stereocenters. The Morgan fingerprint density at radius 3 is 2.79 bits per heavy atom. The van der Waals surface area contributed by atoms with Crippen LogP contribution in [0.4, 0.5) is 0 Å². The summed E-state index contributed by atoms with van der Waals surface area (Å²) in [6.07, 6.45) is 4.28.